The summed E-state index contributed by atoms with van der Waals surface area (Å²) in [6.45, 7) is 11.1. The second kappa shape index (κ2) is 12.8. The topological polar surface area (TPSA) is 80.3 Å². The Bertz CT molecular complexity index is 716. The molecule has 0 saturated carbocycles. The Kier molecular flexibility index (Phi) is 10.5. The van der Waals surface area contributed by atoms with Crippen molar-refractivity contribution < 1.29 is 33.3 Å². The molecule has 0 aromatic heterocycles. The van der Waals surface area contributed by atoms with Gasteiger partial charge in [-0.05, 0) is 57.2 Å². The molecule has 0 bridgehead atoms. The molecule has 0 spiro atoms. The summed E-state index contributed by atoms with van der Waals surface area (Å²) in [5.41, 5.74) is 1.24. The molecule has 1 aliphatic heterocycles. The Morgan fingerprint density at radius 3 is 2.19 bits per heavy atom. The highest BCUT2D eigenvalue weighted by Crippen LogP contribution is 2.32. The minimum atomic E-state index is -0.789. The maximum absolute atomic E-state index is 11.7. The largest absolute Gasteiger partial charge is 0.491 e. The molecule has 0 amide bonds. The molecule has 1 aromatic carbocycles. The van der Waals surface area contributed by atoms with Crippen LogP contribution in [0.15, 0.2) is 24.3 Å². The molecular weight excluding hydrogens is 412 g/mol. The van der Waals surface area contributed by atoms with Gasteiger partial charge in [0.15, 0.2) is 12.4 Å². The molecular formula is C25H38O7. The van der Waals surface area contributed by atoms with Gasteiger partial charge in [-0.2, -0.15) is 0 Å². The highest BCUT2D eigenvalue weighted by atomic mass is 16.7. The number of benzene rings is 1. The Morgan fingerprint density at radius 2 is 1.62 bits per heavy atom. The lowest BCUT2D eigenvalue weighted by atomic mass is 9.89. The molecule has 2 rings (SSSR count). The van der Waals surface area contributed by atoms with Crippen molar-refractivity contribution >= 4 is 11.9 Å². The summed E-state index contributed by atoms with van der Waals surface area (Å²) < 4.78 is 28.7. The summed E-state index contributed by atoms with van der Waals surface area (Å²) in [6.07, 6.45) is 1.27. The van der Waals surface area contributed by atoms with Crippen molar-refractivity contribution in [3.63, 3.8) is 0 Å². The van der Waals surface area contributed by atoms with E-state index in [4.69, 9.17) is 23.7 Å². The van der Waals surface area contributed by atoms with Gasteiger partial charge in [0.2, 0.25) is 0 Å². The van der Waals surface area contributed by atoms with Crippen molar-refractivity contribution in [1.29, 1.82) is 0 Å². The summed E-state index contributed by atoms with van der Waals surface area (Å²) in [5, 5.41) is 0. The smallest absolute Gasteiger partial charge is 0.303 e. The van der Waals surface area contributed by atoms with E-state index < -0.39 is 30.4 Å². The number of rotatable bonds is 11. The van der Waals surface area contributed by atoms with Gasteiger partial charge >= 0.3 is 11.9 Å². The number of carbonyl (C=O) groups is 2. The van der Waals surface area contributed by atoms with Crippen LogP contribution in [0.1, 0.15) is 66.4 Å². The third kappa shape index (κ3) is 8.10. The number of hydrogen-bond acceptors (Lipinski definition) is 7. The molecule has 5 atom stereocenters. The highest BCUT2D eigenvalue weighted by Gasteiger charge is 2.47. The molecule has 180 valence electrons. The van der Waals surface area contributed by atoms with Gasteiger partial charge in [0.1, 0.15) is 11.9 Å². The molecule has 1 aliphatic rings. The first kappa shape index (κ1) is 26.1. The number of esters is 2. The van der Waals surface area contributed by atoms with E-state index in [1.54, 1.807) is 0 Å². The fraction of sp³-hybridized carbons (Fsp3) is 0.680. The normalized spacial score (nSPS) is 25.4. The van der Waals surface area contributed by atoms with Gasteiger partial charge in [0.05, 0.1) is 12.2 Å². The summed E-state index contributed by atoms with van der Waals surface area (Å²) in [4.78, 5) is 23.3. The number of unbranched alkanes of at least 4 members (excludes halogenated alkanes) is 1. The van der Waals surface area contributed by atoms with Crippen LogP contribution in [0.4, 0.5) is 0 Å². The molecule has 0 N–H and O–H groups in total. The molecule has 1 heterocycles. The molecule has 1 fully saturated rings. The highest BCUT2D eigenvalue weighted by molar-refractivity contribution is 5.67. The van der Waals surface area contributed by atoms with Crippen LogP contribution in [0, 0.1) is 5.92 Å². The zero-order chi connectivity index (χ0) is 23.7. The summed E-state index contributed by atoms with van der Waals surface area (Å²) in [6, 6.07) is 8.15. The van der Waals surface area contributed by atoms with Gasteiger partial charge < -0.3 is 23.7 Å². The standard InChI is InChI=1S/C25H38O7/c1-7-22-17(4)23(30-18(5)26)24(31-19(6)27)25(32-22)28-15-9-8-10-20-11-13-21(14-12-20)29-16(2)3/h11-14,16-17,22-25H,7-10,15H2,1-6H3. The van der Waals surface area contributed by atoms with Gasteiger partial charge in [-0.25, -0.2) is 0 Å². The Hall–Kier alpha value is -2.12. The van der Waals surface area contributed by atoms with E-state index in [0.717, 1.165) is 31.4 Å². The summed E-state index contributed by atoms with van der Waals surface area (Å²) in [7, 11) is 0. The molecule has 32 heavy (non-hydrogen) atoms. The summed E-state index contributed by atoms with van der Waals surface area (Å²) >= 11 is 0. The lowest BCUT2D eigenvalue weighted by molar-refractivity contribution is -0.290. The van der Waals surface area contributed by atoms with Crippen LogP contribution < -0.4 is 4.74 Å². The molecule has 7 heteroatoms. The van der Waals surface area contributed by atoms with Gasteiger partial charge in [-0.15, -0.1) is 0 Å². The van der Waals surface area contributed by atoms with Crippen LogP contribution in [0.5, 0.6) is 5.75 Å². The molecule has 0 radical (unpaired) electrons. The maximum Gasteiger partial charge on any atom is 0.303 e. The van der Waals surface area contributed by atoms with Crippen molar-refractivity contribution in [1.82, 2.24) is 0 Å². The Morgan fingerprint density at radius 1 is 1.00 bits per heavy atom. The van der Waals surface area contributed by atoms with E-state index >= 15 is 0 Å². The molecule has 0 aliphatic carbocycles. The number of hydrogen-bond donors (Lipinski definition) is 0. The van der Waals surface area contributed by atoms with E-state index in [1.165, 1.54) is 19.4 Å². The van der Waals surface area contributed by atoms with Crippen LogP contribution in [0.2, 0.25) is 0 Å². The predicted octanol–water partition coefficient (Wildman–Crippen LogP) is 4.45. The number of aryl methyl sites for hydroxylation is 1. The third-order valence-electron chi connectivity index (χ3n) is 5.45. The maximum atomic E-state index is 11.7. The first-order valence-electron chi connectivity index (χ1n) is 11.6. The van der Waals surface area contributed by atoms with E-state index in [2.05, 4.69) is 12.1 Å². The second-order valence-electron chi connectivity index (χ2n) is 8.60. The molecule has 7 nitrogen and oxygen atoms in total. The second-order valence-corrected chi connectivity index (χ2v) is 8.60. The average molecular weight is 451 g/mol. The fourth-order valence-electron chi connectivity index (χ4n) is 3.96. The predicted molar refractivity (Wildman–Crippen MR) is 120 cm³/mol. The van der Waals surface area contributed by atoms with Crippen molar-refractivity contribution in [2.24, 2.45) is 5.92 Å². The molecule has 1 saturated heterocycles. The van der Waals surface area contributed by atoms with Gasteiger partial charge in [0.25, 0.3) is 0 Å². The lowest BCUT2D eigenvalue weighted by Gasteiger charge is -2.43. The van der Waals surface area contributed by atoms with E-state index in [0.29, 0.717) is 6.61 Å². The van der Waals surface area contributed by atoms with E-state index in [9.17, 15) is 9.59 Å². The van der Waals surface area contributed by atoms with Gasteiger partial charge in [-0.3, -0.25) is 9.59 Å². The van der Waals surface area contributed by atoms with Gasteiger partial charge in [-0.1, -0.05) is 26.0 Å². The third-order valence-corrected chi connectivity index (χ3v) is 5.45. The SMILES string of the molecule is CCC1OC(OCCCCc2ccc(OC(C)C)cc2)C(OC(C)=O)C(OC(C)=O)C1C. The van der Waals surface area contributed by atoms with Crippen molar-refractivity contribution in [2.75, 3.05) is 6.61 Å². The van der Waals surface area contributed by atoms with Gasteiger partial charge in [0, 0.05) is 26.4 Å². The average Bonchev–Trinajstić information content (AvgIpc) is 2.72. The Labute approximate surface area is 191 Å². The van der Waals surface area contributed by atoms with Crippen LogP contribution >= 0.6 is 0 Å². The van der Waals surface area contributed by atoms with Crippen molar-refractivity contribution in [2.45, 2.75) is 97.9 Å². The van der Waals surface area contributed by atoms with Crippen LogP contribution in [-0.2, 0) is 35.0 Å². The summed E-state index contributed by atoms with van der Waals surface area (Å²) in [5.74, 6) is -0.119. The molecule has 1 aromatic rings. The minimum absolute atomic E-state index is 0.115. The van der Waals surface area contributed by atoms with Crippen LogP contribution in [-0.4, -0.2) is 49.3 Å². The quantitative estimate of drug-likeness (QED) is 0.364. The zero-order valence-corrected chi connectivity index (χ0v) is 20.2. The van der Waals surface area contributed by atoms with Crippen molar-refractivity contribution in [3.05, 3.63) is 29.8 Å². The lowest BCUT2D eigenvalue weighted by Crippen LogP contribution is -2.57. The van der Waals surface area contributed by atoms with Crippen molar-refractivity contribution in [3.8, 4) is 5.75 Å². The van der Waals surface area contributed by atoms with Crippen LogP contribution in [0.3, 0.4) is 0 Å². The Balaban J connectivity index is 1.89. The number of carbonyl (C=O) groups excluding carboxylic acids is 2. The minimum Gasteiger partial charge on any atom is -0.491 e. The fourth-order valence-corrected chi connectivity index (χ4v) is 3.96. The van der Waals surface area contributed by atoms with Crippen LogP contribution in [0.25, 0.3) is 0 Å². The zero-order valence-electron chi connectivity index (χ0n) is 20.2. The number of ether oxygens (including phenoxy) is 5. The first-order chi connectivity index (χ1) is 15.2. The monoisotopic (exact) mass is 450 g/mol. The van der Waals surface area contributed by atoms with E-state index in [-0.39, 0.29) is 18.1 Å². The molecule has 5 unspecified atom stereocenters. The first-order valence-corrected chi connectivity index (χ1v) is 11.6. The van der Waals surface area contributed by atoms with E-state index in [1.807, 2.05) is 39.8 Å².